The molecule has 2 rings (SSSR count). The van der Waals surface area contributed by atoms with Gasteiger partial charge in [0.25, 0.3) is 0 Å². The number of benzene rings is 2. The topological polar surface area (TPSA) is 66.5 Å². The zero-order valence-corrected chi connectivity index (χ0v) is 9.75. The molecule has 0 saturated heterocycles. The van der Waals surface area contributed by atoms with Crippen LogP contribution in [0.5, 0.6) is 11.5 Å². The van der Waals surface area contributed by atoms with Crippen LogP contribution in [0.2, 0.25) is 0 Å². The van der Waals surface area contributed by atoms with Crippen molar-refractivity contribution in [2.24, 2.45) is 5.73 Å². The Morgan fingerprint density at radius 1 is 0.824 bits per heavy atom. The molecule has 0 fully saturated rings. The average molecular weight is 231 g/mol. The summed E-state index contributed by atoms with van der Waals surface area (Å²) in [4.78, 5) is 0. The van der Waals surface area contributed by atoms with Crippen LogP contribution < -0.4 is 5.73 Å². The fourth-order valence-electron chi connectivity index (χ4n) is 1.22. The Hall–Kier alpha value is -2.00. The molecule has 3 heteroatoms. The molecule has 0 bridgehead atoms. The minimum atomic E-state index is -0.0764. The van der Waals surface area contributed by atoms with E-state index in [0.29, 0.717) is 0 Å². The summed E-state index contributed by atoms with van der Waals surface area (Å²) in [6, 6.07) is 16.4. The molecule has 0 aliphatic rings. The molecule has 0 amide bonds. The summed E-state index contributed by atoms with van der Waals surface area (Å²) < 4.78 is 0. The Balaban J connectivity index is 0.000000171. The molecule has 1 atom stereocenters. The summed E-state index contributed by atoms with van der Waals surface area (Å²) in [6.45, 7) is 1.98. The third-order valence-electron chi connectivity index (χ3n) is 2.21. The Kier molecular flexibility index (Phi) is 5.04. The van der Waals surface area contributed by atoms with Crippen molar-refractivity contribution in [1.29, 1.82) is 0 Å². The van der Waals surface area contributed by atoms with Crippen molar-refractivity contribution >= 4 is 0 Å². The molecule has 90 valence electrons. The van der Waals surface area contributed by atoms with Crippen LogP contribution in [0.25, 0.3) is 0 Å². The van der Waals surface area contributed by atoms with Crippen LogP contribution in [0.4, 0.5) is 0 Å². The van der Waals surface area contributed by atoms with E-state index in [-0.39, 0.29) is 17.5 Å². The molecule has 4 N–H and O–H groups in total. The van der Waals surface area contributed by atoms with Crippen LogP contribution in [0.15, 0.2) is 54.6 Å². The minimum Gasteiger partial charge on any atom is -0.504 e. The molecular weight excluding hydrogens is 214 g/mol. The quantitative estimate of drug-likeness (QED) is 0.661. The lowest BCUT2D eigenvalue weighted by Crippen LogP contribution is -2.03. The number of rotatable bonds is 1. The van der Waals surface area contributed by atoms with Crippen molar-refractivity contribution < 1.29 is 10.2 Å². The highest BCUT2D eigenvalue weighted by molar-refractivity contribution is 5.36. The Morgan fingerprint density at radius 3 is 1.53 bits per heavy atom. The number of aromatic hydroxyl groups is 2. The summed E-state index contributed by atoms with van der Waals surface area (Å²) in [5.74, 6) is -0.153. The van der Waals surface area contributed by atoms with Gasteiger partial charge in [-0.15, -0.1) is 0 Å². The van der Waals surface area contributed by atoms with Crippen LogP contribution in [0, 0.1) is 0 Å². The van der Waals surface area contributed by atoms with Gasteiger partial charge in [0, 0.05) is 6.04 Å². The SMILES string of the molecule is CC(N)c1ccccc1.Oc1ccccc1O. The van der Waals surface area contributed by atoms with Crippen molar-refractivity contribution in [1.82, 2.24) is 0 Å². The van der Waals surface area contributed by atoms with Gasteiger partial charge >= 0.3 is 0 Å². The number of hydrogen-bond acceptors (Lipinski definition) is 3. The molecule has 3 nitrogen and oxygen atoms in total. The number of para-hydroxylation sites is 2. The fraction of sp³-hybridized carbons (Fsp3) is 0.143. The first-order chi connectivity index (χ1) is 8.11. The molecule has 0 aliphatic heterocycles. The summed E-state index contributed by atoms with van der Waals surface area (Å²) in [5.41, 5.74) is 6.81. The Labute approximate surface area is 101 Å². The molecule has 2 aromatic carbocycles. The number of phenolic OH excluding ortho intramolecular Hbond substituents is 2. The summed E-state index contributed by atoms with van der Waals surface area (Å²) in [6.07, 6.45) is 0. The van der Waals surface area contributed by atoms with Gasteiger partial charge in [-0.1, -0.05) is 42.5 Å². The highest BCUT2D eigenvalue weighted by Crippen LogP contribution is 2.21. The van der Waals surface area contributed by atoms with E-state index in [0.717, 1.165) is 0 Å². The van der Waals surface area contributed by atoms with E-state index >= 15 is 0 Å². The van der Waals surface area contributed by atoms with Gasteiger partial charge in [-0.25, -0.2) is 0 Å². The number of phenols is 2. The van der Waals surface area contributed by atoms with Gasteiger partial charge in [-0.3, -0.25) is 0 Å². The molecular formula is C14H17NO2. The second-order valence-corrected chi connectivity index (χ2v) is 3.69. The smallest absolute Gasteiger partial charge is 0.157 e. The van der Waals surface area contributed by atoms with Crippen LogP contribution in [0.3, 0.4) is 0 Å². The van der Waals surface area contributed by atoms with E-state index in [1.54, 1.807) is 12.1 Å². The second kappa shape index (κ2) is 6.55. The second-order valence-electron chi connectivity index (χ2n) is 3.69. The van der Waals surface area contributed by atoms with E-state index in [1.165, 1.54) is 17.7 Å². The lowest BCUT2D eigenvalue weighted by molar-refractivity contribution is 0.404. The number of hydrogen-bond donors (Lipinski definition) is 3. The average Bonchev–Trinajstić information content (AvgIpc) is 2.35. The van der Waals surface area contributed by atoms with E-state index in [1.807, 2.05) is 37.3 Å². The van der Waals surface area contributed by atoms with Crippen molar-refractivity contribution in [3.63, 3.8) is 0 Å². The van der Waals surface area contributed by atoms with E-state index < -0.39 is 0 Å². The van der Waals surface area contributed by atoms with Crippen LogP contribution in [0.1, 0.15) is 18.5 Å². The van der Waals surface area contributed by atoms with Crippen LogP contribution in [-0.4, -0.2) is 10.2 Å². The first-order valence-corrected chi connectivity index (χ1v) is 5.38. The minimum absolute atomic E-state index is 0.0764. The van der Waals surface area contributed by atoms with Crippen molar-refractivity contribution in [2.45, 2.75) is 13.0 Å². The maximum Gasteiger partial charge on any atom is 0.157 e. The lowest BCUT2D eigenvalue weighted by Gasteiger charge is -2.02. The summed E-state index contributed by atoms with van der Waals surface area (Å²) in [7, 11) is 0. The molecule has 17 heavy (non-hydrogen) atoms. The predicted molar refractivity (Wildman–Crippen MR) is 68.8 cm³/mol. The van der Waals surface area contributed by atoms with Gasteiger partial charge in [0.1, 0.15) is 0 Å². The van der Waals surface area contributed by atoms with Gasteiger partial charge in [-0.05, 0) is 24.6 Å². The maximum atomic E-state index is 8.67. The molecule has 0 heterocycles. The Morgan fingerprint density at radius 2 is 1.24 bits per heavy atom. The monoisotopic (exact) mass is 231 g/mol. The fourth-order valence-corrected chi connectivity index (χ4v) is 1.22. The molecule has 0 aliphatic carbocycles. The predicted octanol–water partition coefficient (Wildman–Crippen LogP) is 2.80. The van der Waals surface area contributed by atoms with Gasteiger partial charge in [0.15, 0.2) is 11.5 Å². The van der Waals surface area contributed by atoms with Gasteiger partial charge in [0.05, 0.1) is 0 Å². The van der Waals surface area contributed by atoms with Gasteiger partial charge < -0.3 is 15.9 Å². The van der Waals surface area contributed by atoms with Gasteiger partial charge in [-0.2, -0.15) is 0 Å². The normalized spacial score (nSPS) is 11.2. The zero-order chi connectivity index (χ0) is 12.7. The molecule has 0 aromatic heterocycles. The van der Waals surface area contributed by atoms with E-state index in [9.17, 15) is 0 Å². The van der Waals surface area contributed by atoms with Gasteiger partial charge in [0.2, 0.25) is 0 Å². The van der Waals surface area contributed by atoms with Crippen molar-refractivity contribution in [3.8, 4) is 11.5 Å². The van der Waals surface area contributed by atoms with E-state index in [4.69, 9.17) is 15.9 Å². The van der Waals surface area contributed by atoms with Crippen LogP contribution >= 0.6 is 0 Å². The first-order valence-electron chi connectivity index (χ1n) is 5.38. The number of nitrogens with two attached hydrogens (primary N) is 1. The summed E-state index contributed by atoms with van der Waals surface area (Å²) >= 11 is 0. The molecule has 2 aromatic rings. The molecule has 1 unspecified atom stereocenters. The molecule has 0 spiro atoms. The third-order valence-corrected chi connectivity index (χ3v) is 2.21. The zero-order valence-electron chi connectivity index (χ0n) is 9.75. The highest BCUT2D eigenvalue weighted by Gasteiger charge is 1.93. The molecule has 0 saturated carbocycles. The molecule has 0 radical (unpaired) electrons. The maximum absolute atomic E-state index is 8.67. The first kappa shape index (κ1) is 13.1. The largest absolute Gasteiger partial charge is 0.504 e. The lowest BCUT2D eigenvalue weighted by atomic mass is 10.1. The Bertz CT molecular complexity index is 420. The van der Waals surface area contributed by atoms with Crippen LogP contribution in [-0.2, 0) is 0 Å². The summed E-state index contributed by atoms with van der Waals surface area (Å²) in [5, 5.41) is 17.3. The van der Waals surface area contributed by atoms with Crippen molar-refractivity contribution in [2.75, 3.05) is 0 Å². The highest BCUT2D eigenvalue weighted by atomic mass is 16.3. The third kappa shape index (κ3) is 4.57. The standard InChI is InChI=1S/C8H11N.C6H6O2/c1-7(9)8-5-3-2-4-6-8;7-5-3-1-2-4-6(5)8/h2-7H,9H2,1H3;1-4,7-8H. The van der Waals surface area contributed by atoms with E-state index in [2.05, 4.69) is 0 Å². The van der Waals surface area contributed by atoms with Crippen molar-refractivity contribution in [3.05, 3.63) is 60.2 Å².